The normalized spacial score (nSPS) is 19.5. The summed E-state index contributed by atoms with van der Waals surface area (Å²) in [5, 5.41) is 27.6. The minimum Gasteiger partial charge on any atom is -0.385 e. The van der Waals surface area contributed by atoms with Crippen molar-refractivity contribution in [3.05, 3.63) is 78.0 Å². The summed E-state index contributed by atoms with van der Waals surface area (Å²) in [6.07, 6.45) is 10.8. The molecule has 9 nitrogen and oxygen atoms in total. The largest absolute Gasteiger partial charge is 0.385 e. The molecule has 3 N–H and O–H groups in total. The lowest BCUT2D eigenvalue weighted by molar-refractivity contribution is -0.00810. The fourth-order valence-corrected chi connectivity index (χ4v) is 4.91. The monoisotopic (exact) mass is 495 g/mol. The smallest absolute Gasteiger partial charge is 0.255 e. The first-order valence-electron chi connectivity index (χ1n) is 12.4. The summed E-state index contributed by atoms with van der Waals surface area (Å²) in [4.78, 5) is 26.3. The molecule has 0 saturated heterocycles. The summed E-state index contributed by atoms with van der Waals surface area (Å²) in [6.45, 7) is 4.03. The number of carbonyl (C=O) groups is 1. The predicted octanol–water partition coefficient (Wildman–Crippen LogP) is 4.07. The van der Waals surface area contributed by atoms with E-state index in [0.29, 0.717) is 54.0 Å². The van der Waals surface area contributed by atoms with Gasteiger partial charge in [0.05, 0.1) is 22.4 Å². The van der Waals surface area contributed by atoms with Crippen molar-refractivity contribution < 1.29 is 9.90 Å². The molecule has 1 fully saturated rings. The number of rotatable bonds is 6. The third kappa shape index (κ3) is 5.01. The molecule has 0 aromatic carbocycles. The van der Waals surface area contributed by atoms with Crippen LogP contribution in [0, 0.1) is 11.3 Å². The lowest BCUT2D eigenvalue weighted by atomic mass is 9.78. The molecule has 0 radical (unpaired) electrons. The van der Waals surface area contributed by atoms with Gasteiger partial charge in [0.1, 0.15) is 17.5 Å². The van der Waals surface area contributed by atoms with Gasteiger partial charge in [-0.15, -0.1) is 0 Å². The van der Waals surface area contributed by atoms with Gasteiger partial charge in [-0.25, -0.2) is 9.97 Å². The van der Waals surface area contributed by atoms with Gasteiger partial charge in [0.25, 0.3) is 5.91 Å². The summed E-state index contributed by atoms with van der Waals surface area (Å²) in [7, 11) is 0. The highest BCUT2D eigenvalue weighted by Gasteiger charge is 2.35. The van der Waals surface area contributed by atoms with Crippen LogP contribution in [0.1, 0.15) is 61.0 Å². The van der Waals surface area contributed by atoms with Crippen molar-refractivity contribution in [1.82, 2.24) is 24.8 Å². The minimum absolute atomic E-state index is 0.0342. The molecule has 188 valence electrons. The molecule has 5 rings (SSSR count). The Morgan fingerprint density at radius 3 is 2.62 bits per heavy atom. The standard InChI is InChI=1S/C28H29N7O2/c1-18(2)33-24-14-25(35-12-7-20-13-19(15-29)16-32-26(20)35)31-17-23(24)27(36)34-22-3-8-28(37,9-4-22)21-5-10-30-11-6-21/h5-7,10-14,16-18,22,37H,3-4,8-9H2,1-2H3,(H,31,33)(H,34,36)/t22-,28+. The molecule has 4 aromatic heterocycles. The van der Waals surface area contributed by atoms with Crippen LogP contribution in [0.4, 0.5) is 5.69 Å². The van der Waals surface area contributed by atoms with Gasteiger partial charge in [-0.3, -0.25) is 14.3 Å². The number of anilines is 1. The van der Waals surface area contributed by atoms with Crippen molar-refractivity contribution in [1.29, 1.82) is 5.26 Å². The Labute approximate surface area is 215 Å². The molecule has 1 saturated carbocycles. The third-order valence-electron chi connectivity index (χ3n) is 6.85. The van der Waals surface area contributed by atoms with Gasteiger partial charge in [0.2, 0.25) is 0 Å². The summed E-state index contributed by atoms with van der Waals surface area (Å²) >= 11 is 0. The number of hydrogen-bond donors (Lipinski definition) is 3. The summed E-state index contributed by atoms with van der Waals surface area (Å²) in [5.41, 5.74) is 2.30. The fraction of sp³-hybridized carbons (Fsp3) is 0.321. The number of hydrogen-bond acceptors (Lipinski definition) is 7. The van der Waals surface area contributed by atoms with Crippen molar-refractivity contribution in [2.24, 2.45) is 0 Å². The Morgan fingerprint density at radius 2 is 1.92 bits per heavy atom. The molecular weight excluding hydrogens is 466 g/mol. The summed E-state index contributed by atoms with van der Waals surface area (Å²) in [5.74, 6) is 0.419. The molecular formula is C28H29N7O2. The molecule has 1 aliphatic rings. The van der Waals surface area contributed by atoms with E-state index >= 15 is 0 Å². The quantitative estimate of drug-likeness (QED) is 0.368. The summed E-state index contributed by atoms with van der Waals surface area (Å²) < 4.78 is 1.84. The van der Waals surface area contributed by atoms with E-state index in [1.54, 1.807) is 24.7 Å². The number of amides is 1. The van der Waals surface area contributed by atoms with E-state index in [4.69, 9.17) is 5.26 Å². The molecule has 37 heavy (non-hydrogen) atoms. The lowest BCUT2D eigenvalue weighted by Gasteiger charge is -2.36. The van der Waals surface area contributed by atoms with Gasteiger partial charge in [-0.2, -0.15) is 5.26 Å². The number of nitrogens with one attached hydrogen (secondary N) is 2. The van der Waals surface area contributed by atoms with E-state index in [9.17, 15) is 9.90 Å². The fourth-order valence-electron chi connectivity index (χ4n) is 4.91. The average molecular weight is 496 g/mol. The van der Waals surface area contributed by atoms with Gasteiger partial charge in [-0.1, -0.05) is 0 Å². The number of pyridine rings is 3. The van der Waals surface area contributed by atoms with Gasteiger partial charge in [0.15, 0.2) is 0 Å². The first kappa shape index (κ1) is 24.4. The Morgan fingerprint density at radius 1 is 1.16 bits per heavy atom. The molecule has 0 aliphatic heterocycles. The highest BCUT2D eigenvalue weighted by Crippen LogP contribution is 2.37. The summed E-state index contributed by atoms with van der Waals surface area (Å²) in [6, 6.07) is 11.4. The zero-order valence-corrected chi connectivity index (χ0v) is 20.8. The average Bonchev–Trinajstić information content (AvgIpc) is 3.33. The number of carbonyl (C=O) groups excluding carboxylic acids is 1. The van der Waals surface area contributed by atoms with Crippen molar-refractivity contribution in [2.45, 2.75) is 57.2 Å². The Bertz CT molecular complexity index is 1470. The first-order valence-corrected chi connectivity index (χ1v) is 12.4. The molecule has 0 bridgehead atoms. The molecule has 1 amide bonds. The van der Waals surface area contributed by atoms with Gasteiger partial charge in [-0.05, 0) is 69.4 Å². The minimum atomic E-state index is -0.890. The van der Waals surface area contributed by atoms with Gasteiger partial charge in [0, 0.05) is 54.5 Å². The molecule has 0 unspecified atom stereocenters. The van der Waals surface area contributed by atoms with Crippen molar-refractivity contribution in [3.63, 3.8) is 0 Å². The third-order valence-corrected chi connectivity index (χ3v) is 6.85. The maximum Gasteiger partial charge on any atom is 0.255 e. The number of fused-ring (bicyclic) bond motifs is 1. The number of nitriles is 1. The van der Waals surface area contributed by atoms with Gasteiger partial charge < -0.3 is 15.7 Å². The highest BCUT2D eigenvalue weighted by atomic mass is 16.3. The first-order chi connectivity index (χ1) is 17.9. The molecule has 9 heteroatoms. The van der Waals surface area contributed by atoms with Crippen molar-refractivity contribution in [3.8, 4) is 11.9 Å². The van der Waals surface area contributed by atoms with Gasteiger partial charge >= 0.3 is 0 Å². The van der Waals surface area contributed by atoms with Crippen LogP contribution >= 0.6 is 0 Å². The Kier molecular flexibility index (Phi) is 6.59. The molecule has 0 atom stereocenters. The van der Waals surface area contributed by atoms with Crippen LogP contribution in [-0.2, 0) is 5.60 Å². The topological polar surface area (TPSA) is 129 Å². The second-order valence-corrected chi connectivity index (χ2v) is 9.84. The number of aliphatic hydroxyl groups is 1. The van der Waals surface area contributed by atoms with E-state index in [1.165, 1.54) is 6.20 Å². The van der Waals surface area contributed by atoms with E-state index < -0.39 is 5.60 Å². The van der Waals surface area contributed by atoms with E-state index in [1.807, 2.05) is 48.9 Å². The number of aromatic nitrogens is 4. The molecule has 1 aliphatic carbocycles. The maximum absolute atomic E-state index is 13.3. The van der Waals surface area contributed by atoms with Crippen LogP contribution in [0.5, 0.6) is 0 Å². The van der Waals surface area contributed by atoms with Crippen LogP contribution < -0.4 is 10.6 Å². The van der Waals surface area contributed by atoms with Crippen LogP contribution in [-0.4, -0.2) is 42.6 Å². The van der Waals surface area contributed by atoms with E-state index in [2.05, 4.69) is 31.7 Å². The highest BCUT2D eigenvalue weighted by molar-refractivity contribution is 5.99. The van der Waals surface area contributed by atoms with Crippen LogP contribution in [0.3, 0.4) is 0 Å². The zero-order chi connectivity index (χ0) is 26.0. The van der Waals surface area contributed by atoms with E-state index in [0.717, 1.165) is 10.9 Å². The maximum atomic E-state index is 13.3. The molecule has 0 spiro atoms. The van der Waals surface area contributed by atoms with E-state index in [-0.39, 0.29) is 18.0 Å². The van der Waals surface area contributed by atoms with Crippen LogP contribution in [0.15, 0.2) is 61.3 Å². The Hall–Kier alpha value is -4.29. The lowest BCUT2D eigenvalue weighted by Crippen LogP contribution is -2.42. The van der Waals surface area contributed by atoms with Crippen molar-refractivity contribution >= 4 is 22.6 Å². The SMILES string of the molecule is CC(C)Nc1cc(-n2ccc3cc(C#N)cnc32)ncc1C(=O)N[C@H]1CC[C@](O)(c2ccncc2)CC1. The van der Waals surface area contributed by atoms with Crippen LogP contribution in [0.25, 0.3) is 16.9 Å². The Balaban J connectivity index is 1.35. The van der Waals surface area contributed by atoms with Crippen molar-refractivity contribution in [2.75, 3.05) is 5.32 Å². The second kappa shape index (κ2) is 9.99. The van der Waals surface area contributed by atoms with Crippen LogP contribution in [0.2, 0.25) is 0 Å². The molecule has 4 aromatic rings. The molecule has 4 heterocycles. The predicted molar refractivity (Wildman–Crippen MR) is 140 cm³/mol. The number of nitrogens with zero attached hydrogens (tertiary/aromatic N) is 5. The second-order valence-electron chi connectivity index (χ2n) is 9.84. The zero-order valence-electron chi connectivity index (χ0n) is 20.8.